The van der Waals surface area contributed by atoms with Gasteiger partial charge in [-0.3, -0.25) is 9.59 Å². The molecular weight excluding hydrogens is 288 g/mol. The lowest BCUT2D eigenvalue weighted by Gasteiger charge is -2.12. The smallest absolute Gasteiger partial charge is 0.226 e. The summed E-state index contributed by atoms with van der Waals surface area (Å²) in [5.74, 6) is 0.0970. The van der Waals surface area contributed by atoms with Crippen molar-refractivity contribution in [3.63, 3.8) is 0 Å². The number of nitrogens with one attached hydrogen (secondary N) is 2. The van der Waals surface area contributed by atoms with Crippen molar-refractivity contribution in [1.82, 2.24) is 20.2 Å². The fourth-order valence-electron chi connectivity index (χ4n) is 1.80. The maximum atomic E-state index is 12.0. The molecule has 0 aliphatic carbocycles. The Morgan fingerprint density at radius 3 is 2.77 bits per heavy atom. The lowest BCUT2D eigenvalue weighted by Crippen LogP contribution is -2.16. The minimum absolute atomic E-state index is 0.193. The molecule has 0 spiro atoms. The zero-order chi connectivity index (χ0) is 15.9. The molecule has 0 aliphatic rings. The molecule has 1 heterocycles. The SMILES string of the molecule is COc1ccc(NC(C)=O)cc1NC(=O)CCn1cnnn1. The molecule has 0 saturated carbocycles. The normalized spacial score (nSPS) is 10.1. The third-order valence-corrected chi connectivity index (χ3v) is 2.75. The number of benzene rings is 1. The maximum absolute atomic E-state index is 12.0. The van der Waals surface area contributed by atoms with Crippen LogP contribution in [0.2, 0.25) is 0 Å². The first-order chi connectivity index (χ1) is 10.6. The molecule has 2 amide bonds. The van der Waals surface area contributed by atoms with Gasteiger partial charge >= 0.3 is 0 Å². The summed E-state index contributed by atoms with van der Waals surface area (Å²) >= 11 is 0. The third kappa shape index (κ3) is 4.27. The lowest BCUT2D eigenvalue weighted by atomic mass is 10.2. The van der Waals surface area contributed by atoms with Crippen LogP contribution in [-0.2, 0) is 16.1 Å². The first kappa shape index (κ1) is 15.4. The number of amides is 2. The van der Waals surface area contributed by atoms with Crippen LogP contribution in [-0.4, -0.2) is 39.1 Å². The first-order valence-corrected chi connectivity index (χ1v) is 6.54. The molecule has 0 atom stereocenters. The number of hydrogen-bond acceptors (Lipinski definition) is 6. The van der Waals surface area contributed by atoms with Crippen LogP contribution in [0.5, 0.6) is 5.75 Å². The zero-order valence-corrected chi connectivity index (χ0v) is 12.2. The van der Waals surface area contributed by atoms with Crippen molar-refractivity contribution in [3.05, 3.63) is 24.5 Å². The van der Waals surface area contributed by atoms with Crippen molar-refractivity contribution in [2.75, 3.05) is 17.7 Å². The van der Waals surface area contributed by atoms with Crippen molar-refractivity contribution >= 4 is 23.2 Å². The molecule has 0 radical (unpaired) electrons. The van der Waals surface area contributed by atoms with Gasteiger partial charge in [0, 0.05) is 19.0 Å². The molecule has 2 N–H and O–H groups in total. The van der Waals surface area contributed by atoms with Gasteiger partial charge in [-0.05, 0) is 28.6 Å². The number of anilines is 2. The fraction of sp³-hybridized carbons (Fsp3) is 0.308. The quantitative estimate of drug-likeness (QED) is 0.811. The van der Waals surface area contributed by atoms with Crippen LogP contribution in [0.15, 0.2) is 24.5 Å². The molecule has 1 aromatic carbocycles. The first-order valence-electron chi connectivity index (χ1n) is 6.54. The molecule has 9 nitrogen and oxygen atoms in total. The van der Waals surface area contributed by atoms with Crippen LogP contribution < -0.4 is 15.4 Å². The van der Waals surface area contributed by atoms with E-state index in [9.17, 15) is 9.59 Å². The highest BCUT2D eigenvalue weighted by Crippen LogP contribution is 2.28. The Morgan fingerprint density at radius 2 is 2.14 bits per heavy atom. The van der Waals surface area contributed by atoms with Crippen molar-refractivity contribution in [2.45, 2.75) is 19.9 Å². The van der Waals surface area contributed by atoms with Crippen LogP contribution >= 0.6 is 0 Å². The number of rotatable bonds is 6. The summed E-state index contributed by atoms with van der Waals surface area (Å²) in [5.41, 5.74) is 1.06. The van der Waals surface area contributed by atoms with E-state index in [4.69, 9.17) is 4.74 Å². The molecule has 9 heteroatoms. The molecule has 0 unspecified atom stereocenters. The van der Waals surface area contributed by atoms with Gasteiger partial charge in [-0.2, -0.15) is 0 Å². The topological polar surface area (TPSA) is 111 Å². The molecule has 0 saturated heterocycles. The summed E-state index contributed by atoms with van der Waals surface area (Å²) in [5, 5.41) is 16.0. The molecule has 0 aliphatic heterocycles. The number of aromatic nitrogens is 4. The Balaban J connectivity index is 2.02. The Kier molecular flexibility index (Phi) is 5.02. The van der Waals surface area contributed by atoms with E-state index in [0.717, 1.165) is 0 Å². The second kappa shape index (κ2) is 7.16. The molecule has 0 fully saturated rings. The van der Waals surface area contributed by atoms with E-state index in [0.29, 0.717) is 23.7 Å². The van der Waals surface area contributed by atoms with E-state index in [1.807, 2.05) is 0 Å². The Labute approximate surface area is 126 Å². The van der Waals surface area contributed by atoms with E-state index in [-0.39, 0.29) is 18.2 Å². The van der Waals surface area contributed by atoms with Crippen molar-refractivity contribution in [3.8, 4) is 5.75 Å². The number of methoxy groups -OCH3 is 1. The van der Waals surface area contributed by atoms with Gasteiger partial charge in [-0.1, -0.05) is 0 Å². The minimum Gasteiger partial charge on any atom is -0.495 e. The summed E-state index contributed by atoms with van der Waals surface area (Å²) in [4.78, 5) is 23.1. The minimum atomic E-state index is -0.214. The Morgan fingerprint density at radius 1 is 1.32 bits per heavy atom. The molecule has 2 aromatic rings. The number of carbonyl (C=O) groups excluding carboxylic acids is 2. The zero-order valence-electron chi connectivity index (χ0n) is 12.2. The maximum Gasteiger partial charge on any atom is 0.226 e. The van der Waals surface area contributed by atoms with Gasteiger partial charge in [0.2, 0.25) is 11.8 Å². The lowest BCUT2D eigenvalue weighted by molar-refractivity contribution is -0.116. The van der Waals surface area contributed by atoms with Crippen molar-refractivity contribution < 1.29 is 14.3 Å². The fourth-order valence-corrected chi connectivity index (χ4v) is 1.80. The van der Waals surface area contributed by atoms with Crippen LogP contribution in [0.4, 0.5) is 11.4 Å². The molecule has 22 heavy (non-hydrogen) atoms. The van der Waals surface area contributed by atoms with E-state index >= 15 is 0 Å². The number of hydrogen-bond donors (Lipinski definition) is 2. The van der Waals surface area contributed by atoms with Crippen LogP contribution in [0, 0.1) is 0 Å². The monoisotopic (exact) mass is 304 g/mol. The summed E-state index contributed by atoms with van der Waals surface area (Å²) in [6, 6.07) is 4.99. The highest BCUT2D eigenvalue weighted by atomic mass is 16.5. The molecule has 1 aromatic heterocycles. The van der Waals surface area contributed by atoms with Crippen LogP contribution in [0.3, 0.4) is 0 Å². The highest BCUT2D eigenvalue weighted by molar-refractivity contribution is 5.94. The van der Waals surface area contributed by atoms with Gasteiger partial charge in [-0.25, -0.2) is 4.68 Å². The Hall–Kier alpha value is -2.97. The van der Waals surface area contributed by atoms with Crippen molar-refractivity contribution in [1.29, 1.82) is 0 Å². The van der Waals surface area contributed by atoms with Gasteiger partial charge in [-0.15, -0.1) is 5.10 Å². The van der Waals surface area contributed by atoms with E-state index in [1.165, 1.54) is 25.0 Å². The van der Waals surface area contributed by atoms with Gasteiger partial charge in [0.1, 0.15) is 12.1 Å². The van der Waals surface area contributed by atoms with E-state index < -0.39 is 0 Å². The van der Waals surface area contributed by atoms with Gasteiger partial charge in [0.15, 0.2) is 0 Å². The second-order valence-electron chi connectivity index (χ2n) is 4.47. The number of carbonyl (C=O) groups is 2. The largest absolute Gasteiger partial charge is 0.495 e. The number of ether oxygens (including phenoxy) is 1. The van der Waals surface area contributed by atoms with Crippen molar-refractivity contribution in [2.24, 2.45) is 0 Å². The average molecular weight is 304 g/mol. The van der Waals surface area contributed by atoms with Gasteiger partial charge < -0.3 is 15.4 Å². The van der Waals surface area contributed by atoms with E-state index in [2.05, 4.69) is 26.2 Å². The summed E-state index contributed by atoms with van der Waals surface area (Å²) in [7, 11) is 1.50. The molecule has 116 valence electrons. The Bertz CT molecular complexity index is 656. The van der Waals surface area contributed by atoms with E-state index in [1.54, 1.807) is 18.2 Å². The van der Waals surface area contributed by atoms with Crippen LogP contribution in [0.1, 0.15) is 13.3 Å². The molecule has 0 bridgehead atoms. The second-order valence-corrected chi connectivity index (χ2v) is 4.47. The number of nitrogens with zero attached hydrogens (tertiary/aromatic N) is 4. The van der Waals surface area contributed by atoms with Gasteiger partial charge in [0.25, 0.3) is 0 Å². The third-order valence-electron chi connectivity index (χ3n) is 2.75. The predicted molar refractivity (Wildman–Crippen MR) is 78.4 cm³/mol. The summed E-state index contributed by atoms with van der Waals surface area (Å²) < 4.78 is 6.65. The van der Waals surface area contributed by atoms with Crippen LogP contribution in [0.25, 0.3) is 0 Å². The molecule has 2 rings (SSSR count). The number of tetrazole rings is 1. The summed E-state index contributed by atoms with van der Waals surface area (Å²) in [6.45, 7) is 1.78. The number of aryl methyl sites for hydroxylation is 1. The average Bonchev–Trinajstić information content (AvgIpc) is 2.98. The predicted octanol–water partition coefficient (Wildman–Crippen LogP) is 0.669. The van der Waals surface area contributed by atoms with Gasteiger partial charge in [0.05, 0.1) is 19.3 Å². The highest BCUT2D eigenvalue weighted by Gasteiger charge is 2.10. The summed E-state index contributed by atoms with van der Waals surface area (Å²) in [6.07, 6.45) is 1.64. The standard InChI is InChI=1S/C13H16N6O3/c1-9(20)15-10-3-4-12(22-2)11(7-10)16-13(21)5-6-19-8-14-17-18-19/h3-4,7-8H,5-6H2,1-2H3,(H,15,20)(H,16,21). The molecular formula is C13H16N6O3.